The summed E-state index contributed by atoms with van der Waals surface area (Å²) in [5.74, 6) is -0.800. The van der Waals surface area contributed by atoms with Crippen LogP contribution in [0, 0.1) is 5.82 Å². The molecule has 7 heteroatoms. The molecule has 0 amide bonds. The van der Waals surface area contributed by atoms with E-state index >= 15 is 0 Å². The Morgan fingerprint density at radius 1 is 1.09 bits per heavy atom. The van der Waals surface area contributed by atoms with E-state index in [1.807, 2.05) is 0 Å². The molecular formula is C16H14F4O3. The van der Waals surface area contributed by atoms with Gasteiger partial charge < -0.3 is 14.6 Å². The van der Waals surface area contributed by atoms with Crippen LogP contribution in [0.25, 0.3) is 0 Å². The van der Waals surface area contributed by atoms with Crippen LogP contribution < -0.4 is 9.47 Å². The van der Waals surface area contributed by atoms with Crippen molar-refractivity contribution in [1.82, 2.24) is 0 Å². The largest absolute Gasteiger partial charge is 0.493 e. The Balaban J connectivity index is 2.34. The first-order valence-electron chi connectivity index (χ1n) is 6.62. The van der Waals surface area contributed by atoms with Crippen molar-refractivity contribution in [2.75, 3.05) is 7.11 Å². The van der Waals surface area contributed by atoms with E-state index in [2.05, 4.69) is 0 Å². The summed E-state index contributed by atoms with van der Waals surface area (Å²) in [5.41, 5.74) is -0.320. The summed E-state index contributed by atoms with van der Waals surface area (Å²) in [4.78, 5) is 0. The van der Waals surface area contributed by atoms with Crippen LogP contribution in [-0.2, 0) is 6.61 Å². The Labute approximate surface area is 130 Å². The van der Waals surface area contributed by atoms with Crippen LogP contribution in [0.1, 0.15) is 17.2 Å². The Kier molecular flexibility index (Phi) is 5.10. The highest BCUT2D eigenvalue weighted by molar-refractivity contribution is 5.48. The fourth-order valence-electron chi connectivity index (χ4n) is 2.01. The van der Waals surface area contributed by atoms with Crippen molar-refractivity contribution in [3.05, 3.63) is 59.4 Å². The number of ether oxygens (including phenoxy) is 2. The average molecular weight is 330 g/mol. The van der Waals surface area contributed by atoms with E-state index < -0.39 is 23.7 Å². The minimum Gasteiger partial charge on any atom is -0.493 e. The number of para-hydroxylation sites is 1. The lowest BCUT2D eigenvalue weighted by Gasteiger charge is -2.20. The van der Waals surface area contributed by atoms with Crippen LogP contribution in [0.5, 0.6) is 11.5 Å². The molecule has 2 aromatic rings. The summed E-state index contributed by atoms with van der Waals surface area (Å²) < 4.78 is 62.2. The standard InChI is InChI=1S/C16H14F4O3/c1-22-13-8-4-6-11(15(21)16(18,19)20)14(13)23-9-10-5-2-3-7-12(10)17/h2-8,15,21H,9H2,1H3. The molecule has 0 spiro atoms. The first kappa shape index (κ1) is 17.1. The van der Waals surface area contributed by atoms with Crippen molar-refractivity contribution in [2.45, 2.75) is 18.9 Å². The number of hydrogen-bond acceptors (Lipinski definition) is 3. The van der Waals surface area contributed by atoms with E-state index in [0.29, 0.717) is 0 Å². The second-order valence-corrected chi connectivity index (χ2v) is 4.70. The molecule has 0 aliphatic heterocycles. The Hall–Kier alpha value is -2.28. The van der Waals surface area contributed by atoms with Crippen molar-refractivity contribution in [3.8, 4) is 11.5 Å². The molecule has 0 saturated heterocycles. The van der Waals surface area contributed by atoms with Gasteiger partial charge in [-0.2, -0.15) is 13.2 Å². The summed E-state index contributed by atoms with van der Waals surface area (Å²) in [5, 5.41) is 9.47. The van der Waals surface area contributed by atoms with Gasteiger partial charge in [-0.3, -0.25) is 0 Å². The van der Waals surface area contributed by atoms with E-state index in [1.54, 1.807) is 6.07 Å². The van der Waals surface area contributed by atoms with E-state index in [0.717, 1.165) is 6.07 Å². The molecule has 0 radical (unpaired) electrons. The molecule has 0 aliphatic rings. The van der Waals surface area contributed by atoms with Crippen LogP contribution in [0.15, 0.2) is 42.5 Å². The fourth-order valence-corrected chi connectivity index (χ4v) is 2.01. The number of rotatable bonds is 5. The van der Waals surface area contributed by atoms with Gasteiger partial charge in [-0.1, -0.05) is 30.3 Å². The Morgan fingerprint density at radius 3 is 2.39 bits per heavy atom. The van der Waals surface area contributed by atoms with Crippen LogP contribution >= 0.6 is 0 Å². The quantitative estimate of drug-likeness (QED) is 0.842. The van der Waals surface area contributed by atoms with E-state index in [-0.39, 0.29) is 23.7 Å². The minimum atomic E-state index is -4.86. The van der Waals surface area contributed by atoms with Gasteiger partial charge in [-0.15, -0.1) is 0 Å². The predicted molar refractivity (Wildman–Crippen MR) is 74.7 cm³/mol. The summed E-state index contributed by atoms with van der Waals surface area (Å²) in [6.07, 6.45) is -7.59. The zero-order valence-corrected chi connectivity index (χ0v) is 12.1. The SMILES string of the molecule is COc1cccc(C(O)C(F)(F)F)c1OCc1ccccc1F. The Bertz CT molecular complexity index is 671. The molecule has 124 valence electrons. The molecule has 2 rings (SSSR count). The smallest absolute Gasteiger partial charge is 0.418 e. The lowest BCUT2D eigenvalue weighted by molar-refractivity contribution is -0.207. The van der Waals surface area contributed by atoms with Crippen molar-refractivity contribution < 1.29 is 32.1 Å². The van der Waals surface area contributed by atoms with Crippen LogP contribution in [0.4, 0.5) is 17.6 Å². The van der Waals surface area contributed by atoms with Crippen LogP contribution in [0.2, 0.25) is 0 Å². The third kappa shape index (κ3) is 3.92. The van der Waals surface area contributed by atoms with Gasteiger partial charge in [0.2, 0.25) is 0 Å². The van der Waals surface area contributed by atoms with Gasteiger partial charge in [-0.25, -0.2) is 4.39 Å². The van der Waals surface area contributed by atoms with Gasteiger partial charge in [0, 0.05) is 11.1 Å². The minimum absolute atomic E-state index is 0.0159. The first-order chi connectivity index (χ1) is 10.8. The fraction of sp³-hybridized carbons (Fsp3) is 0.250. The third-order valence-electron chi connectivity index (χ3n) is 3.16. The summed E-state index contributed by atoms with van der Waals surface area (Å²) in [6.45, 7) is -0.301. The predicted octanol–water partition coefficient (Wildman–Crippen LogP) is 4.01. The van der Waals surface area contributed by atoms with E-state index in [4.69, 9.17) is 9.47 Å². The molecular weight excluding hydrogens is 316 g/mol. The molecule has 0 heterocycles. The molecule has 0 fully saturated rings. The monoisotopic (exact) mass is 330 g/mol. The highest BCUT2D eigenvalue weighted by Gasteiger charge is 2.41. The maximum Gasteiger partial charge on any atom is 0.418 e. The highest BCUT2D eigenvalue weighted by atomic mass is 19.4. The summed E-state index contributed by atoms with van der Waals surface area (Å²) in [7, 11) is 1.26. The zero-order valence-electron chi connectivity index (χ0n) is 12.1. The number of aliphatic hydroxyl groups excluding tert-OH is 1. The molecule has 1 unspecified atom stereocenters. The molecule has 1 N–H and O–H groups in total. The zero-order chi connectivity index (χ0) is 17.0. The van der Waals surface area contributed by atoms with Crippen LogP contribution in [-0.4, -0.2) is 18.4 Å². The van der Waals surface area contributed by atoms with Gasteiger partial charge in [0.1, 0.15) is 12.4 Å². The average Bonchev–Trinajstić information content (AvgIpc) is 2.52. The topological polar surface area (TPSA) is 38.7 Å². The maximum absolute atomic E-state index is 13.6. The first-order valence-corrected chi connectivity index (χ1v) is 6.62. The third-order valence-corrected chi connectivity index (χ3v) is 3.16. The van der Waals surface area contributed by atoms with Gasteiger partial charge in [0.25, 0.3) is 0 Å². The van der Waals surface area contributed by atoms with E-state index in [9.17, 15) is 22.7 Å². The second kappa shape index (κ2) is 6.87. The van der Waals surface area contributed by atoms with Crippen LogP contribution in [0.3, 0.4) is 0 Å². The van der Waals surface area contributed by atoms with Gasteiger partial charge in [-0.05, 0) is 12.1 Å². The number of hydrogen-bond donors (Lipinski definition) is 1. The molecule has 0 aliphatic carbocycles. The van der Waals surface area contributed by atoms with Crippen molar-refractivity contribution in [1.29, 1.82) is 0 Å². The normalized spacial score (nSPS) is 12.8. The maximum atomic E-state index is 13.6. The Morgan fingerprint density at radius 2 is 1.78 bits per heavy atom. The lowest BCUT2D eigenvalue weighted by atomic mass is 10.1. The number of benzene rings is 2. The summed E-state index contributed by atoms with van der Waals surface area (Å²) in [6, 6.07) is 9.51. The van der Waals surface area contributed by atoms with Gasteiger partial charge in [0.05, 0.1) is 7.11 Å². The number of halogens is 4. The van der Waals surface area contributed by atoms with Gasteiger partial charge >= 0.3 is 6.18 Å². The molecule has 2 aromatic carbocycles. The molecule has 0 aromatic heterocycles. The molecule has 3 nitrogen and oxygen atoms in total. The lowest BCUT2D eigenvalue weighted by Crippen LogP contribution is -2.21. The van der Waals surface area contributed by atoms with Crippen molar-refractivity contribution >= 4 is 0 Å². The summed E-state index contributed by atoms with van der Waals surface area (Å²) >= 11 is 0. The number of methoxy groups -OCH3 is 1. The molecule has 0 bridgehead atoms. The molecule has 23 heavy (non-hydrogen) atoms. The van der Waals surface area contributed by atoms with Crippen molar-refractivity contribution in [3.63, 3.8) is 0 Å². The number of aliphatic hydroxyl groups is 1. The molecule has 0 saturated carbocycles. The molecule has 1 atom stereocenters. The van der Waals surface area contributed by atoms with Crippen molar-refractivity contribution in [2.24, 2.45) is 0 Å². The van der Waals surface area contributed by atoms with Gasteiger partial charge in [0.15, 0.2) is 17.6 Å². The second-order valence-electron chi connectivity index (χ2n) is 4.70. The highest BCUT2D eigenvalue weighted by Crippen LogP contribution is 2.41. The van der Waals surface area contributed by atoms with E-state index in [1.165, 1.54) is 37.4 Å². The number of alkyl halides is 3.